The molecular formula is C28H36N2OS. The number of nitrogens with one attached hydrogen (secondary N) is 2. The molecule has 3 saturated carbocycles. The lowest BCUT2D eigenvalue weighted by molar-refractivity contribution is -0.0204. The van der Waals surface area contributed by atoms with E-state index in [-0.39, 0.29) is 0 Å². The first-order valence-electron chi connectivity index (χ1n) is 12.0. The Balaban J connectivity index is 1.17. The minimum atomic E-state index is 0.499. The van der Waals surface area contributed by atoms with E-state index in [1.807, 2.05) is 19.2 Å². The molecule has 32 heavy (non-hydrogen) atoms. The smallest absolute Gasteiger partial charge is 0.150 e. The van der Waals surface area contributed by atoms with Crippen molar-refractivity contribution in [1.29, 1.82) is 0 Å². The van der Waals surface area contributed by atoms with Gasteiger partial charge in [-0.15, -0.1) is 11.8 Å². The number of benzene rings is 2. The Kier molecular flexibility index (Phi) is 5.55. The molecular weight excluding hydrogens is 412 g/mol. The van der Waals surface area contributed by atoms with E-state index in [0.717, 1.165) is 35.6 Å². The number of carbonyl (C=O) groups excluding carboxylic acids is 1. The van der Waals surface area contributed by atoms with Crippen LogP contribution in [0.3, 0.4) is 0 Å². The van der Waals surface area contributed by atoms with Gasteiger partial charge < -0.3 is 10.6 Å². The molecule has 1 spiro atoms. The molecule has 0 bridgehead atoms. The number of thioether (sulfide) groups is 1. The zero-order valence-electron chi connectivity index (χ0n) is 19.8. The largest absolute Gasteiger partial charge is 0.316 e. The van der Waals surface area contributed by atoms with Crippen molar-refractivity contribution in [3.05, 3.63) is 64.7 Å². The van der Waals surface area contributed by atoms with Gasteiger partial charge >= 0.3 is 0 Å². The Morgan fingerprint density at radius 1 is 1.03 bits per heavy atom. The highest BCUT2D eigenvalue weighted by molar-refractivity contribution is 7.98. The fourth-order valence-electron chi connectivity index (χ4n) is 7.52. The topological polar surface area (TPSA) is 41.1 Å². The van der Waals surface area contributed by atoms with Crippen molar-refractivity contribution >= 4 is 18.0 Å². The van der Waals surface area contributed by atoms with E-state index in [1.54, 1.807) is 11.8 Å². The van der Waals surface area contributed by atoms with Gasteiger partial charge in [-0.05, 0) is 71.2 Å². The second-order valence-corrected chi connectivity index (χ2v) is 11.9. The maximum absolute atomic E-state index is 11.4. The van der Waals surface area contributed by atoms with Crippen molar-refractivity contribution in [3.8, 4) is 0 Å². The number of hydrogen-bond donors (Lipinski definition) is 2. The quantitative estimate of drug-likeness (QED) is 0.375. The van der Waals surface area contributed by atoms with Crippen LogP contribution < -0.4 is 10.6 Å². The summed E-state index contributed by atoms with van der Waals surface area (Å²) < 4.78 is 0. The summed E-state index contributed by atoms with van der Waals surface area (Å²) in [5.74, 6) is 1.84. The highest BCUT2D eigenvalue weighted by Crippen LogP contribution is 2.90. The van der Waals surface area contributed by atoms with Gasteiger partial charge in [-0.25, -0.2) is 0 Å². The Bertz CT molecular complexity index is 1020. The van der Waals surface area contributed by atoms with Crippen molar-refractivity contribution in [2.45, 2.75) is 69.8 Å². The highest BCUT2D eigenvalue weighted by Gasteiger charge is 2.86. The molecule has 0 aromatic heterocycles. The summed E-state index contributed by atoms with van der Waals surface area (Å²) in [6.45, 7) is 9.22. The molecule has 2 N–H and O–H groups in total. The van der Waals surface area contributed by atoms with E-state index >= 15 is 0 Å². The molecule has 0 amide bonds. The Labute approximate surface area is 197 Å². The number of hydrogen-bond acceptors (Lipinski definition) is 4. The second kappa shape index (κ2) is 8.00. The number of aldehydes is 1. The van der Waals surface area contributed by atoms with Gasteiger partial charge in [-0.3, -0.25) is 4.79 Å². The molecule has 3 aliphatic rings. The SMILES string of the molecule is CNCc1c(C=O)cccc1SCc1ccc(CN[C@H]2CC3C(C)(C)C34CCC24C)cc1. The van der Waals surface area contributed by atoms with Crippen LogP contribution in [0.4, 0.5) is 0 Å². The molecule has 3 nitrogen and oxygen atoms in total. The molecule has 0 aliphatic heterocycles. The van der Waals surface area contributed by atoms with Crippen LogP contribution in [-0.2, 0) is 18.8 Å². The van der Waals surface area contributed by atoms with Gasteiger partial charge in [0.2, 0.25) is 0 Å². The summed E-state index contributed by atoms with van der Waals surface area (Å²) in [7, 11) is 1.92. The lowest BCUT2D eigenvalue weighted by Gasteiger charge is -2.53. The maximum atomic E-state index is 11.4. The van der Waals surface area contributed by atoms with Crippen LogP contribution >= 0.6 is 11.8 Å². The monoisotopic (exact) mass is 448 g/mol. The molecule has 3 unspecified atom stereocenters. The van der Waals surface area contributed by atoms with E-state index in [4.69, 9.17) is 0 Å². The fraction of sp³-hybridized carbons (Fsp3) is 0.536. The first-order valence-corrected chi connectivity index (χ1v) is 13.0. The molecule has 4 atom stereocenters. The van der Waals surface area contributed by atoms with Crippen molar-refractivity contribution in [3.63, 3.8) is 0 Å². The lowest BCUT2D eigenvalue weighted by atomic mass is 9.54. The van der Waals surface area contributed by atoms with Gasteiger partial charge in [0.05, 0.1) is 0 Å². The predicted molar refractivity (Wildman–Crippen MR) is 133 cm³/mol. The Hall–Kier alpha value is -1.62. The van der Waals surface area contributed by atoms with Gasteiger partial charge in [0.15, 0.2) is 0 Å². The normalized spacial score (nSPS) is 31.5. The van der Waals surface area contributed by atoms with Gasteiger partial charge in [-0.1, -0.05) is 57.2 Å². The van der Waals surface area contributed by atoms with Gasteiger partial charge in [0.25, 0.3) is 0 Å². The minimum Gasteiger partial charge on any atom is -0.316 e. The maximum Gasteiger partial charge on any atom is 0.150 e. The Morgan fingerprint density at radius 2 is 1.78 bits per heavy atom. The van der Waals surface area contributed by atoms with Crippen LogP contribution in [0.1, 0.15) is 67.1 Å². The average Bonchev–Trinajstić information content (AvgIpc) is 3.25. The van der Waals surface area contributed by atoms with E-state index in [0.29, 0.717) is 28.8 Å². The van der Waals surface area contributed by atoms with Gasteiger partial charge in [0, 0.05) is 35.3 Å². The zero-order chi connectivity index (χ0) is 22.6. The summed E-state index contributed by atoms with van der Waals surface area (Å²) in [4.78, 5) is 12.6. The third-order valence-corrected chi connectivity index (χ3v) is 10.6. The molecule has 0 heterocycles. The van der Waals surface area contributed by atoms with Crippen LogP contribution in [0.5, 0.6) is 0 Å². The van der Waals surface area contributed by atoms with Crippen molar-refractivity contribution in [2.24, 2.45) is 22.2 Å². The van der Waals surface area contributed by atoms with E-state index in [1.165, 1.54) is 35.3 Å². The molecule has 4 heteroatoms. The molecule has 0 radical (unpaired) electrons. The van der Waals surface area contributed by atoms with Crippen molar-refractivity contribution < 1.29 is 4.79 Å². The summed E-state index contributed by atoms with van der Waals surface area (Å²) in [5.41, 5.74) is 6.26. The van der Waals surface area contributed by atoms with Crippen LogP contribution in [0, 0.1) is 22.2 Å². The van der Waals surface area contributed by atoms with Crippen molar-refractivity contribution in [1.82, 2.24) is 10.6 Å². The van der Waals surface area contributed by atoms with Crippen LogP contribution in [-0.4, -0.2) is 19.4 Å². The standard InChI is InChI=1S/C28H36N2OS/c1-26(2)24-14-25(27(3)12-13-28(24,26)27)30-15-19-8-10-20(11-9-19)18-32-23-7-5-6-21(17-31)22(23)16-29-4/h5-11,17,24-25,29-30H,12-16,18H2,1-4H3/t24?,25-,27?,28?/m0/s1. The summed E-state index contributed by atoms with van der Waals surface area (Å²) in [6, 6.07) is 15.7. The molecule has 2 aromatic rings. The average molecular weight is 449 g/mol. The van der Waals surface area contributed by atoms with Crippen LogP contribution in [0.25, 0.3) is 0 Å². The van der Waals surface area contributed by atoms with Gasteiger partial charge in [0.1, 0.15) is 6.29 Å². The third kappa shape index (κ3) is 3.13. The van der Waals surface area contributed by atoms with Gasteiger partial charge in [-0.2, -0.15) is 0 Å². The molecule has 2 aromatic carbocycles. The van der Waals surface area contributed by atoms with E-state index in [9.17, 15) is 4.79 Å². The Morgan fingerprint density at radius 3 is 2.41 bits per heavy atom. The van der Waals surface area contributed by atoms with Crippen molar-refractivity contribution in [2.75, 3.05) is 7.05 Å². The number of rotatable bonds is 9. The minimum absolute atomic E-state index is 0.499. The van der Waals surface area contributed by atoms with Crippen LogP contribution in [0.2, 0.25) is 0 Å². The predicted octanol–water partition coefficient (Wildman–Crippen LogP) is 5.82. The lowest BCUT2D eigenvalue weighted by Crippen LogP contribution is -2.53. The highest BCUT2D eigenvalue weighted by atomic mass is 32.2. The fourth-order valence-corrected chi connectivity index (χ4v) is 8.57. The van der Waals surface area contributed by atoms with E-state index in [2.05, 4.69) is 61.7 Å². The molecule has 0 saturated heterocycles. The van der Waals surface area contributed by atoms with E-state index < -0.39 is 0 Å². The first kappa shape index (κ1) is 22.2. The summed E-state index contributed by atoms with van der Waals surface area (Å²) in [6.07, 6.45) is 5.14. The zero-order valence-corrected chi connectivity index (χ0v) is 20.6. The van der Waals surface area contributed by atoms with Crippen LogP contribution in [0.15, 0.2) is 47.4 Å². The molecule has 170 valence electrons. The number of carbonyl (C=O) groups is 1. The summed E-state index contributed by atoms with van der Waals surface area (Å²) >= 11 is 1.81. The molecule has 5 rings (SSSR count). The molecule has 3 aliphatic carbocycles. The summed E-state index contributed by atoms with van der Waals surface area (Å²) in [5, 5.41) is 7.11. The molecule has 3 fully saturated rings. The second-order valence-electron chi connectivity index (χ2n) is 10.9. The first-order chi connectivity index (χ1) is 15.4. The third-order valence-electron chi connectivity index (χ3n) is 9.45.